The third-order valence-electron chi connectivity index (χ3n) is 4.75. The van der Waals surface area contributed by atoms with Crippen molar-refractivity contribution in [3.8, 4) is 11.3 Å². The molecule has 0 unspecified atom stereocenters. The number of benzene rings is 3. The molecule has 9 heteroatoms. The number of fused-ring (bicyclic) bond motifs is 1. The van der Waals surface area contributed by atoms with Gasteiger partial charge in [-0.3, -0.25) is 0 Å². The number of methoxy groups -OCH3 is 1. The van der Waals surface area contributed by atoms with E-state index in [-0.39, 0.29) is 10.2 Å². The van der Waals surface area contributed by atoms with E-state index in [2.05, 4.69) is 31.4 Å². The topological polar surface area (TPSA) is 64.1 Å². The van der Waals surface area contributed by atoms with Crippen LogP contribution >= 0.6 is 15.9 Å². The SMILES string of the molecule is COC(=O)c1ccc(-c2nnc(Nc3cc(Br)cc(C(F)(F)F)c3)c3ccccc23)cc1. The van der Waals surface area contributed by atoms with Crippen LogP contribution in [0, 0.1) is 0 Å². The van der Waals surface area contributed by atoms with Gasteiger partial charge < -0.3 is 10.1 Å². The van der Waals surface area contributed by atoms with E-state index >= 15 is 0 Å². The molecule has 4 aromatic rings. The van der Waals surface area contributed by atoms with E-state index in [0.717, 1.165) is 23.1 Å². The Bertz CT molecular complexity index is 1310. The average molecular weight is 502 g/mol. The van der Waals surface area contributed by atoms with E-state index in [1.54, 1.807) is 36.4 Å². The minimum absolute atomic E-state index is 0.223. The molecule has 0 bridgehead atoms. The van der Waals surface area contributed by atoms with Gasteiger partial charge in [0.05, 0.1) is 18.2 Å². The van der Waals surface area contributed by atoms with Crippen LogP contribution in [0.5, 0.6) is 0 Å². The van der Waals surface area contributed by atoms with Crippen LogP contribution in [0.25, 0.3) is 22.0 Å². The molecule has 0 amide bonds. The van der Waals surface area contributed by atoms with Gasteiger partial charge in [0.25, 0.3) is 0 Å². The Balaban J connectivity index is 1.75. The van der Waals surface area contributed by atoms with Crippen molar-refractivity contribution in [3.63, 3.8) is 0 Å². The zero-order valence-electron chi connectivity index (χ0n) is 16.6. The van der Waals surface area contributed by atoms with Crippen molar-refractivity contribution >= 4 is 44.2 Å². The van der Waals surface area contributed by atoms with Gasteiger partial charge in [-0.1, -0.05) is 52.3 Å². The van der Waals surface area contributed by atoms with Crippen LogP contribution in [0.4, 0.5) is 24.7 Å². The molecule has 3 aromatic carbocycles. The monoisotopic (exact) mass is 501 g/mol. The van der Waals surface area contributed by atoms with E-state index in [0.29, 0.717) is 22.5 Å². The Labute approximate surface area is 189 Å². The largest absolute Gasteiger partial charge is 0.465 e. The zero-order valence-corrected chi connectivity index (χ0v) is 18.2. The molecule has 1 aromatic heterocycles. The molecule has 1 N–H and O–H groups in total. The number of alkyl halides is 3. The summed E-state index contributed by atoms with van der Waals surface area (Å²) in [5.74, 6) is -0.124. The lowest BCUT2D eigenvalue weighted by molar-refractivity contribution is -0.137. The quantitative estimate of drug-likeness (QED) is 0.319. The summed E-state index contributed by atoms with van der Waals surface area (Å²) in [7, 11) is 1.31. The summed E-state index contributed by atoms with van der Waals surface area (Å²) in [6, 6.07) is 17.6. The van der Waals surface area contributed by atoms with E-state index in [4.69, 9.17) is 4.74 Å². The molecule has 0 aliphatic heterocycles. The smallest absolute Gasteiger partial charge is 0.416 e. The van der Waals surface area contributed by atoms with Crippen LogP contribution in [0.3, 0.4) is 0 Å². The maximum Gasteiger partial charge on any atom is 0.416 e. The maximum absolute atomic E-state index is 13.2. The normalized spacial score (nSPS) is 11.4. The fourth-order valence-electron chi connectivity index (χ4n) is 3.25. The first-order valence-corrected chi connectivity index (χ1v) is 10.1. The van der Waals surface area contributed by atoms with Crippen LogP contribution in [0.1, 0.15) is 15.9 Å². The lowest BCUT2D eigenvalue weighted by atomic mass is 10.0. The molecular formula is C23H15BrF3N3O2. The first kappa shape index (κ1) is 21.8. The third-order valence-corrected chi connectivity index (χ3v) is 5.21. The highest BCUT2D eigenvalue weighted by molar-refractivity contribution is 9.10. The van der Waals surface area contributed by atoms with Crippen LogP contribution < -0.4 is 5.32 Å². The molecule has 32 heavy (non-hydrogen) atoms. The predicted octanol–water partition coefficient (Wildman–Crippen LogP) is 6.61. The summed E-state index contributed by atoms with van der Waals surface area (Å²) in [5, 5.41) is 12.9. The molecule has 0 atom stereocenters. The number of hydrogen-bond acceptors (Lipinski definition) is 5. The second-order valence-electron chi connectivity index (χ2n) is 6.86. The third kappa shape index (κ3) is 4.43. The highest BCUT2D eigenvalue weighted by Gasteiger charge is 2.31. The van der Waals surface area contributed by atoms with Gasteiger partial charge in [0.1, 0.15) is 5.69 Å². The first-order valence-electron chi connectivity index (χ1n) is 9.35. The number of carbonyl (C=O) groups excluding carboxylic acids is 1. The second-order valence-corrected chi connectivity index (χ2v) is 7.78. The van der Waals surface area contributed by atoms with Gasteiger partial charge in [-0.25, -0.2) is 4.79 Å². The number of ether oxygens (including phenoxy) is 1. The fourth-order valence-corrected chi connectivity index (χ4v) is 3.75. The Hall–Kier alpha value is -3.46. The summed E-state index contributed by atoms with van der Waals surface area (Å²) in [5.41, 5.74) is 1.15. The summed E-state index contributed by atoms with van der Waals surface area (Å²) >= 11 is 3.12. The summed E-state index contributed by atoms with van der Waals surface area (Å²) < 4.78 is 44.5. The molecule has 4 rings (SSSR count). The Morgan fingerprint density at radius 2 is 1.66 bits per heavy atom. The molecule has 1 heterocycles. The molecule has 0 aliphatic carbocycles. The van der Waals surface area contributed by atoms with Crippen LogP contribution in [-0.4, -0.2) is 23.3 Å². The minimum atomic E-state index is -4.48. The predicted molar refractivity (Wildman–Crippen MR) is 119 cm³/mol. The molecule has 0 fully saturated rings. The van der Waals surface area contributed by atoms with E-state index < -0.39 is 17.7 Å². The van der Waals surface area contributed by atoms with Crippen molar-refractivity contribution in [1.82, 2.24) is 10.2 Å². The van der Waals surface area contributed by atoms with Gasteiger partial charge in [0.15, 0.2) is 5.82 Å². The molecule has 0 aliphatic rings. The number of nitrogens with zero attached hydrogens (tertiary/aromatic N) is 2. The van der Waals surface area contributed by atoms with Crippen molar-refractivity contribution in [2.24, 2.45) is 0 Å². The number of carbonyl (C=O) groups is 1. The zero-order chi connectivity index (χ0) is 22.9. The number of hydrogen-bond donors (Lipinski definition) is 1. The number of nitrogens with one attached hydrogen (secondary N) is 1. The average Bonchev–Trinajstić information content (AvgIpc) is 2.78. The lowest BCUT2D eigenvalue weighted by Gasteiger charge is -2.14. The van der Waals surface area contributed by atoms with Gasteiger partial charge in [-0.15, -0.1) is 10.2 Å². The molecule has 0 spiro atoms. The Morgan fingerprint density at radius 1 is 0.969 bits per heavy atom. The van der Waals surface area contributed by atoms with Crippen molar-refractivity contribution < 1.29 is 22.7 Å². The van der Waals surface area contributed by atoms with E-state index in [1.807, 2.05) is 12.1 Å². The molecule has 0 saturated carbocycles. The molecular weight excluding hydrogens is 487 g/mol. The van der Waals surface area contributed by atoms with Crippen LogP contribution in [0.15, 0.2) is 71.2 Å². The number of aromatic nitrogens is 2. The number of esters is 1. The number of halogens is 4. The second kappa shape index (κ2) is 8.58. The summed E-state index contributed by atoms with van der Waals surface area (Å²) in [6.45, 7) is 0. The molecule has 0 saturated heterocycles. The minimum Gasteiger partial charge on any atom is -0.465 e. The highest BCUT2D eigenvalue weighted by atomic mass is 79.9. The maximum atomic E-state index is 13.2. The van der Waals surface area contributed by atoms with Gasteiger partial charge in [-0.2, -0.15) is 13.2 Å². The Kier molecular flexibility index (Phi) is 5.84. The van der Waals surface area contributed by atoms with Crippen molar-refractivity contribution in [2.45, 2.75) is 6.18 Å². The Morgan fingerprint density at radius 3 is 2.31 bits per heavy atom. The van der Waals surface area contributed by atoms with Gasteiger partial charge in [0, 0.05) is 26.5 Å². The summed E-state index contributed by atoms with van der Waals surface area (Å²) in [4.78, 5) is 11.7. The van der Waals surface area contributed by atoms with Gasteiger partial charge >= 0.3 is 12.1 Å². The molecule has 162 valence electrons. The molecule has 0 radical (unpaired) electrons. The van der Waals surface area contributed by atoms with Crippen LogP contribution in [-0.2, 0) is 10.9 Å². The van der Waals surface area contributed by atoms with Crippen LogP contribution in [0.2, 0.25) is 0 Å². The summed E-state index contributed by atoms with van der Waals surface area (Å²) in [6.07, 6.45) is -4.48. The fraction of sp³-hybridized carbons (Fsp3) is 0.0870. The molecule has 5 nitrogen and oxygen atoms in total. The van der Waals surface area contributed by atoms with Gasteiger partial charge in [0.2, 0.25) is 0 Å². The van der Waals surface area contributed by atoms with Crippen molar-refractivity contribution in [2.75, 3.05) is 12.4 Å². The van der Waals surface area contributed by atoms with E-state index in [9.17, 15) is 18.0 Å². The van der Waals surface area contributed by atoms with Crippen molar-refractivity contribution in [3.05, 3.63) is 82.3 Å². The van der Waals surface area contributed by atoms with Crippen molar-refractivity contribution in [1.29, 1.82) is 0 Å². The number of anilines is 2. The highest BCUT2D eigenvalue weighted by Crippen LogP contribution is 2.36. The van der Waals surface area contributed by atoms with E-state index in [1.165, 1.54) is 13.2 Å². The lowest BCUT2D eigenvalue weighted by Crippen LogP contribution is -2.06. The first-order chi connectivity index (χ1) is 15.3. The number of rotatable bonds is 4. The van der Waals surface area contributed by atoms with Gasteiger partial charge in [-0.05, 0) is 30.3 Å². The standard InChI is InChI=1S/C23H15BrF3N3O2/c1-32-22(31)14-8-6-13(7-9-14)20-18-4-2-3-5-19(18)21(30-29-20)28-17-11-15(23(25,26)27)10-16(24)12-17/h2-12H,1H3,(H,28,30).